The molecule has 19 heavy (non-hydrogen) atoms. The van der Waals surface area contributed by atoms with Crippen molar-refractivity contribution in [2.75, 3.05) is 33.3 Å². The number of methoxy groups -OCH3 is 1. The molecule has 1 aromatic rings. The first-order valence-corrected chi connectivity index (χ1v) is 7.16. The Labute approximate surface area is 117 Å². The molecule has 1 rings (SSSR count). The van der Waals surface area contributed by atoms with Gasteiger partial charge in [0.05, 0.1) is 7.11 Å². The van der Waals surface area contributed by atoms with Crippen LogP contribution in [0.4, 0.5) is 0 Å². The van der Waals surface area contributed by atoms with E-state index in [4.69, 9.17) is 4.74 Å². The van der Waals surface area contributed by atoms with Gasteiger partial charge in [-0.1, -0.05) is 6.92 Å². The van der Waals surface area contributed by atoms with Crippen LogP contribution in [0.2, 0.25) is 0 Å². The quantitative estimate of drug-likeness (QED) is 0.707. The zero-order valence-corrected chi connectivity index (χ0v) is 13.0. The summed E-state index contributed by atoms with van der Waals surface area (Å²) in [7, 11) is 1.74. The van der Waals surface area contributed by atoms with Crippen molar-refractivity contribution in [3.05, 3.63) is 28.3 Å². The molecule has 3 nitrogen and oxygen atoms in total. The minimum atomic E-state index is 0.999. The summed E-state index contributed by atoms with van der Waals surface area (Å²) in [6.45, 7) is 12.8. The number of likely N-dealkylation sites (N-methyl/N-ethyl adjacent to an activating group) is 1. The zero-order valence-electron chi connectivity index (χ0n) is 13.0. The van der Waals surface area contributed by atoms with Gasteiger partial charge in [-0.15, -0.1) is 0 Å². The van der Waals surface area contributed by atoms with Crippen LogP contribution in [0.3, 0.4) is 0 Å². The van der Waals surface area contributed by atoms with Crippen LogP contribution in [0.5, 0.6) is 5.75 Å². The van der Waals surface area contributed by atoms with Crippen LogP contribution in [0.25, 0.3) is 0 Å². The molecule has 0 aliphatic rings. The molecule has 108 valence electrons. The number of rotatable bonds is 8. The van der Waals surface area contributed by atoms with E-state index in [1.54, 1.807) is 7.11 Å². The molecule has 0 radical (unpaired) electrons. The number of ether oxygens (including phenoxy) is 1. The van der Waals surface area contributed by atoms with E-state index >= 15 is 0 Å². The fourth-order valence-corrected chi connectivity index (χ4v) is 2.39. The molecule has 0 fully saturated rings. The van der Waals surface area contributed by atoms with Crippen LogP contribution in [0.1, 0.15) is 29.2 Å². The highest BCUT2D eigenvalue weighted by molar-refractivity contribution is 5.48. The van der Waals surface area contributed by atoms with Gasteiger partial charge in [0, 0.05) is 13.1 Å². The van der Waals surface area contributed by atoms with Crippen molar-refractivity contribution < 1.29 is 4.74 Å². The first-order chi connectivity index (χ1) is 9.11. The third kappa shape index (κ3) is 4.51. The lowest BCUT2D eigenvalue weighted by Gasteiger charge is -2.16. The highest BCUT2D eigenvalue weighted by atomic mass is 16.5. The second-order valence-electron chi connectivity index (χ2n) is 4.98. The van der Waals surface area contributed by atoms with Crippen LogP contribution in [0, 0.1) is 20.8 Å². The molecule has 0 aliphatic heterocycles. The molecule has 0 aromatic heterocycles. The van der Waals surface area contributed by atoms with Gasteiger partial charge in [-0.2, -0.15) is 0 Å². The van der Waals surface area contributed by atoms with Gasteiger partial charge in [0.25, 0.3) is 0 Å². The van der Waals surface area contributed by atoms with Gasteiger partial charge in [-0.05, 0) is 68.6 Å². The summed E-state index contributed by atoms with van der Waals surface area (Å²) < 4.78 is 5.41. The van der Waals surface area contributed by atoms with E-state index < -0.39 is 0 Å². The van der Waals surface area contributed by atoms with Gasteiger partial charge >= 0.3 is 0 Å². The second kappa shape index (κ2) is 8.18. The lowest BCUT2D eigenvalue weighted by molar-refractivity contribution is 0.410. The largest absolute Gasteiger partial charge is 0.496 e. The number of aryl methyl sites for hydroxylation is 1. The maximum Gasteiger partial charge on any atom is 0.122 e. The third-order valence-electron chi connectivity index (χ3n) is 3.71. The average Bonchev–Trinajstić information content (AvgIpc) is 2.41. The molecule has 1 aromatic carbocycles. The molecule has 0 amide bonds. The molecule has 0 saturated heterocycles. The molecular formula is C16H28N2O. The molecule has 0 atom stereocenters. The summed E-state index contributed by atoms with van der Waals surface area (Å²) in [5.41, 5.74) is 5.41. The monoisotopic (exact) mass is 264 g/mol. The average molecular weight is 264 g/mol. The highest BCUT2D eigenvalue weighted by Crippen LogP contribution is 2.27. The van der Waals surface area contributed by atoms with E-state index in [1.807, 2.05) is 0 Å². The standard InChI is InChI=1S/C16H28N2O/c1-6-17-9-10-18-8-7-15-12(2)11-16(19-5)14(4)13(15)3/h11,17-18H,6-10H2,1-5H3. The van der Waals surface area contributed by atoms with Crippen LogP contribution in [-0.2, 0) is 6.42 Å². The van der Waals surface area contributed by atoms with Crippen LogP contribution < -0.4 is 15.4 Å². The summed E-state index contributed by atoms with van der Waals surface area (Å²) >= 11 is 0. The van der Waals surface area contributed by atoms with Crippen LogP contribution in [0.15, 0.2) is 6.07 Å². The normalized spacial score (nSPS) is 10.8. The van der Waals surface area contributed by atoms with Gasteiger partial charge in [0.2, 0.25) is 0 Å². The van der Waals surface area contributed by atoms with Gasteiger partial charge in [-0.25, -0.2) is 0 Å². The maximum absolute atomic E-state index is 5.41. The van der Waals surface area contributed by atoms with E-state index in [0.717, 1.165) is 38.3 Å². The molecule has 0 aliphatic carbocycles. The number of benzene rings is 1. The molecule has 0 bridgehead atoms. The third-order valence-corrected chi connectivity index (χ3v) is 3.71. The topological polar surface area (TPSA) is 33.3 Å². The molecule has 0 saturated carbocycles. The maximum atomic E-state index is 5.41. The van der Waals surface area contributed by atoms with Crippen molar-refractivity contribution in [2.45, 2.75) is 34.1 Å². The summed E-state index contributed by atoms with van der Waals surface area (Å²) in [5, 5.41) is 6.79. The zero-order chi connectivity index (χ0) is 14.3. The molecule has 3 heteroatoms. The predicted molar refractivity (Wildman–Crippen MR) is 82.3 cm³/mol. The first kappa shape index (κ1) is 16.0. The van der Waals surface area contributed by atoms with Crippen molar-refractivity contribution >= 4 is 0 Å². The smallest absolute Gasteiger partial charge is 0.122 e. The number of hydrogen-bond donors (Lipinski definition) is 2. The molecule has 0 heterocycles. The minimum absolute atomic E-state index is 0.999. The highest BCUT2D eigenvalue weighted by Gasteiger charge is 2.10. The van der Waals surface area contributed by atoms with Gasteiger partial charge in [0.1, 0.15) is 5.75 Å². The Balaban J connectivity index is 2.56. The van der Waals surface area contributed by atoms with E-state index in [2.05, 4.69) is 44.4 Å². The van der Waals surface area contributed by atoms with E-state index in [9.17, 15) is 0 Å². The van der Waals surface area contributed by atoms with Crippen molar-refractivity contribution in [2.24, 2.45) is 0 Å². The molecule has 0 unspecified atom stereocenters. The van der Waals surface area contributed by atoms with Gasteiger partial charge in [-0.3, -0.25) is 0 Å². The SMILES string of the molecule is CCNCCNCCc1c(C)cc(OC)c(C)c1C. The number of hydrogen-bond acceptors (Lipinski definition) is 3. The molecule has 2 N–H and O–H groups in total. The summed E-state index contributed by atoms with van der Waals surface area (Å²) in [4.78, 5) is 0. The van der Waals surface area contributed by atoms with Crippen molar-refractivity contribution in [1.29, 1.82) is 0 Å². The van der Waals surface area contributed by atoms with Gasteiger partial charge < -0.3 is 15.4 Å². The van der Waals surface area contributed by atoms with E-state index in [-0.39, 0.29) is 0 Å². The fraction of sp³-hybridized carbons (Fsp3) is 0.625. The Morgan fingerprint density at radius 2 is 1.68 bits per heavy atom. The van der Waals surface area contributed by atoms with Gasteiger partial charge in [0.15, 0.2) is 0 Å². The Kier molecular flexibility index (Phi) is 6.89. The minimum Gasteiger partial charge on any atom is -0.496 e. The van der Waals surface area contributed by atoms with E-state index in [1.165, 1.54) is 22.3 Å². The van der Waals surface area contributed by atoms with Crippen molar-refractivity contribution in [3.63, 3.8) is 0 Å². The molecular weight excluding hydrogens is 236 g/mol. The lowest BCUT2D eigenvalue weighted by Crippen LogP contribution is -2.28. The Morgan fingerprint density at radius 1 is 1.00 bits per heavy atom. The summed E-state index contributed by atoms with van der Waals surface area (Å²) in [6.07, 6.45) is 1.08. The lowest BCUT2D eigenvalue weighted by atomic mass is 9.95. The Morgan fingerprint density at radius 3 is 2.32 bits per heavy atom. The van der Waals surface area contributed by atoms with E-state index in [0.29, 0.717) is 0 Å². The van der Waals surface area contributed by atoms with Crippen molar-refractivity contribution in [3.8, 4) is 5.75 Å². The Hall–Kier alpha value is -1.06. The first-order valence-electron chi connectivity index (χ1n) is 7.16. The van der Waals surface area contributed by atoms with Crippen molar-refractivity contribution in [1.82, 2.24) is 10.6 Å². The molecule has 0 spiro atoms. The Bertz CT molecular complexity index is 402. The van der Waals surface area contributed by atoms with Crippen LogP contribution in [-0.4, -0.2) is 33.3 Å². The van der Waals surface area contributed by atoms with Crippen LogP contribution >= 0.6 is 0 Å². The fourth-order valence-electron chi connectivity index (χ4n) is 2.39. The summed E-state index contributed by atoms with van der Waals surface area (Å²) in [6, 6.07) is 2.15. The number of nitrogens with one attached hydrogen (secondary N) is 2. The second-order valence-corrected chi connectivity index (χ2v) is 4.98. The summed E-state index contributed by atoms with van der Waals surface area (Å²) in [5.74, 6) is 0.999. The predicted octanol–water partition coefficient (Wildman–Crippen LogP) is 2.36.